The van der Waals surface area contributed by atoms with E-state index in [9.17, 15) is 5.11 Å². The predicted octanol–water partition coefficient (Wildman–Crippen LogP) is 1.21. The lowest BCUT2D eigenvalue weighted by Gasteiger charge is -2.12. The number of nitrogens with zero attached hydrogens (tertiary/aromatic N) is 3. The van der Waals surface area contributed by atoms with Crippen molar-refractivity contribution in [2.45, 2.75) is 13.0 Å². The van der Waals surface area contributed by atoms with Gasteiger partial charge < -0.3 is 9.67 Å². The van der Waals surface area contributed by atoms with Crippen LogP contribution in [0.3, 0.4) is 0 Å². The highest BCUT2D eigenvalue weighted by Crippen LogP contribution is 2.21. The Morgan fingerprint density at radius 3 is 2.80 bits per heavy atom. The monoisotopic (exact) mass is 203 g/mol. The van der Waals surface area contributed by atoms with Crippen molar-refractivity contribution in [2.75, 3.05) is 0 Å². The van der Waals surface area contributed by atoms with Crippen LogP contribution in [0.4, 0.5) is 0 Å². The molecule has 4 nitrogen and oxygen atoms in total. The van der Waals surface area contributed by atoms with Crippen LogP contribution < -0.4 is 0 Å². The van der Waals surface area contributed by atoms with Crippen LogP contribution >= 0.6 is 0 Å². The quantitative estimate of drug-likeness (QED) is 0.798. The minimum absolute atomic E-state index is 0.631. The van der Waals surface area contributed by atoms with E-state index in [1.165, 1.54) is 0 Å². The molecular weight excluding hydrogens is 190 g/mol. The van der Waals surface area contributed by atoms with Gasteiger partial charge in [0.05, 0.1) is 0 Å². The zero-order chi connectivity index (χ0) is 10.8. The lowest BCUT2D eigenvalue weighted by molar-refractivity contribution is 0.205. The number of hydrogen-bond acceptors (Lipinski definition) is 3. The summed E-state index contributed by atoms with van der Waals surface area (Å²) in [7, 11) is 1.86. The molecule has 1 unspecified atom stereocenters. The molecule has 0 saturated carbocycles. The molecule has 0 fully saturated rings. The van der Waals surface area contributed by atoms with E-state index in [0.29, 0.717) is 5.82 Å². The number of aliphatic hydroxyl groups is 1. The molecule has 15 heavy (non-hydrogen) atoms. The van der Waals surface area contributed by atoms with Crippen LogP contribution in [0.25, 0.3) is 0 Å². The third-order valence-electron chi connectivity index (χ3n) is 2.48. The molecule has 78 valence electrons. The SMILES string of the molecule is Cc1ccncc1C(O)c1nccn1C. The van der Waals surface area contributed by atoms with Crippen LogP contribution in [-0.2, 0) is 7.05 Å². The van der Waals surface area contributed by atoms with Gasteiger partial charge in [0, 0.05) is 37.4 Å². The molecule has 0 bridgehead atoms. The molecule has 1 N–H and O–H groups in total. The smallest absolute Gasteiger partial charge is 0.142 e. The Labute approximate surface area is 88.2 Å². The van der Waals surface area contributed by atoms with Gasteiger partial charge in [0.25, 0.3) is 0 Å². The summed E-state index contributed by atoms with van der Waals surface area (Å²) < 4.78 is 1.80. The van der Waals surface area contributed by atoms with Crippen molar-refractivity contribution < 1.29 is 5.11 Å². The fraction of sp³-hybridized carbons (Fsp3) is 0.273. The molecule has 0 aliphatic rings. The van der Waals surface area contributed by atoms with Crippen LogP contribution in [0.2, 0.25) is 0 Å². The summed E-state index contributed by atoms with van der Waals surface area (Å²) >= 11 is 0. The number of pyridine rings is 1. The van der Waals surface area contributed by atoms with Crippen LogP contribution in [0.15, 0.2) is 30.9 Å². The lowest BCUT2D eigenvalue weighted by Crippen LogP contribution is -2.08. The van der Waals surface area contributed by atoms with Gasteiger partial charge in [-0.3, -0.25) is 4.98 Å². The van der Waals surface area contributed by atoms with Crippen molar-refractivity contribution in [1.82, 2.24) is 14.5 Å². The fourth-order valence-corrected chi connectivity index (χ4v) is 1.54. The van der Waals surface area contributed by atoms with Gasteiger partial charge in [-0.25, -0.2) is 4.98 Å². The van der Waals surface area contributed by atoms with Gasteiger partial charge in [0.2, 0.25) is 0 Å². The molecule has 1 atom stereocenters. The van der Waals surface area contributed by atoms with E-state index < -0.39 is 6.10 Å². The van der Waals surface area contributed by atoms with E-state index in [2.05, 4.69) is 9.97 Å². The standard InChI is InChI=1S/C11H13N3O/c1-8-3-4-12-7-9(8)10(15)11-13-5-6-14(11)2/h3-7,10,15H,1-2H3. The maximum Gasteiger partial charge on any atom is 0.142 e. The highest BCUT2D eigenvalue weighted by molar-refractivity contribution is 5.28. The Hall–Kier alpha value is -1.68. The van der Waals surface area contributed by atoms with Gasteiger partial charge in [-0.2, -0.15) is 0 Å². The number of hydrogen-bond donors (Lipinski definition) is 1. The first-order valence-electron chi connectivity index (χ1n) is 4.76. The zero-order valence-electron chi connectivity index (χ0n) is 8.75. The van der Waals surface area contributed by atoms with Gasteiger partial charge in [-0.15, -0.1) is 0 Å². The van der Waals surface area contributed by atoms with Gasteiger partial charge in [-0.05, 0) is 18.6 Å². The van der Waals surface area contributed by atoms with Crippen molar-refractivity contribution in [1.29, 1.82) is 0 Å². The van der Waals surface area contributed by atoms with Crippen LogP contribution in [-0.4, -0.2) is 19.6 Å². The molecule has 0 saturated heterocycles. The van der Waals surface area contributed by atoms with Crippen molar-refractivity contribution in [2.24, 2.45) is 7.05 Å². The van der Waals surface area contributed by atoms with Crippen LogP contribution in [0.5, 0.6) is 0 Å². The molecule has 2 aromatic heterocycles. The van der Waals surface area contributed by atoms with Crippen molar-refractivity contribution in [3.8, 4) is 0 Å². The molecule has 0 amide bonds. The summed E-state index contributed by atoms with van der Waals surface area (Å²) in [6.07, 6.45) is 6.16. The number of rotatable bonds is 2. The normalized spacial score (nSPS) is 12.7. The van der Waals surface area contributed by atoms with Crippen LogP contribution in [0.1, 0.15) is 23.1 Å². The third kappa shape index (κ3) is 1.76. The summed E-state index contributed by atoms with van der Waals surface area (Å²) in [5.74, 6) is 0.631. The second-order valence-corrected chi connectivity index (χ2v) is 3.53. The second-order valence-electron chi connectivity index (χ2n) is 3.53. The molecule has 0 aliphatic carbocycles. The van der Waals surface area contributed by atoms with E-state index >= 15 is 0 Å². The molecule has 0 aromatic carbocycles. The molecule has 2 heterocycles. The van der Waals surface area contributed by atoms with E-state index in [1.54, 1.807) is 23.2 Å². The zero-order valence-corrected chi connectivity index (χ0v) is 8.75. The number of imidazole rings is 1. The first-order valence-corrected chi connectivity index (χ1v) is 4.76. The lowest BCUT2D eigenvalue weighted by atomic mass is 10.1. The van der Waals surface area contributed by atoms with E-state index in [-0.39, 0.29) is 0 Å². The van der Waals surface area contributed by atoms with Crippen molar-refractivity contribution in [3.63, 3.8) is 0 Å². The van der Waals surface area contributed by atoms with Gasteiger partial charge in [0.15, 0.2) is 0 Å². The first kappa shape index (κ1) is 9.86. The van der Waals surface area contributed by atoms with Gasteiger partial charge in [-0.1, -0.05) is 0 Å². The summed E-state index contributed by atoms with van der Waals surface area (Å²) in [4.78, 5) is 8.13. The number of aryl methyl sites for hydroxylation is 2. The average molecular weight is 203 g/mol. The van der Waals surface area contributed by atoms with E-state index in [4.69, 9.17) is 0 Å². The van der Waals surface area contributed by atoms with Crippen molar-refractivity contribution >= 4 is 0 Å². The van der Waals surface area contributed by atoms with Crippen LogP contribution in [0, 0.1) is 6.92 Å². The van der Waals surface area contributed by atoms with Gasteiger partial charge >= 0.3 is 0 Å². The maximum atomic E-state index is 10.1. The summed E-state index contributed by atoms with van der Waals surface area (Å²) in [6, 6.07) is 1.88. The maximum absolute atomic E-state index is 10.1. The van der Waals surface area contributed by atoms with E-state index in [0.717, 1.165) is 11.1 Å². The highest BCUT2D eigenvalue weighted by atomic mass is 16.3. The molecular formula is C11H13N3O. The Balaban J connectivity index is 2.41. The predicted molar refractivity (Wildman–Crippen MR) is 56.2 cm³/mol. The fourth-order valence-electron chi connectivity index (χ4n) is 1.54. The molecule has 2 rings (SSSR count). The Bertz CT molecular complexity index is 464. The summed E-state index contributed by atoms with van der Waals surface area (Å²) in [5.41, 5.74) is 1.81. The number of aromatic nitrogens is 3. The molecule has 4 heteroatoms. The Kier molecular flexibility index (Phi) is 2.51. The molecule has 2 aromatic rings. The highest BCUT2D eigenvalue weighted by Gasteiger charge is 2.16. The summed E-state index contributed by atoms with van der Waals surface area (Å²) in [5, 5.41) is 10.1. The van der Waals surface area contributed by atoms with Crippen molar-refractivity contribution in [3.05, 3.63) is 47.8 Å². The Morgan fingerprint density at radius 2 is 2.20 bits per heavy atom. The second kappa shape index (κ2) is 3.82. The first-order chi connectivity index (χ1) is 7.20. The minimum atomic E-state index is -0.710. The summed E-state index contributed by atoms with van der Waals surface area (Å²) in [6.45, 7) is 1.95. The topological polar surface area (TPSA) is 50.9 Å². The molecule has 0 radical (unpaired) electrons. The number of aliphatic hydroxyl groups excluding tert-OH is 1. The minimum Gasteiger partial charge on any atom is -0.380 e. The largest absolute Gasteiger partial charge is 0.380 e. The molecule has 0 aliphatic heterocycles. The van der Waals surface area contributed by atoms with Gasteiger partial charge in [0.1, 0.15) is 11.9 Å². The average Bonchev–Trinajstić information content (AvgIpc) is 2.64. The molecule has 0 spiro atoms. The third-order valence-corrected chi connectivity index (χ3v) is 2.48. The Morgan fingerprint density at radius 1 is 1.40 bits per heavy atom. The van der Waals surface area contributed by atoms with E-state index in [1.807, 2.05) is 26.2 Å².